The normalized spacial score (nSPS) is 19.4. The summed E-state index contributed by atoms with van der Waals surface area (Å²) in [5.74, 6) is -0.113. The molecule has 2 unspecified atom stereocenters. The second-order valence-corrected chi connectivity index (χ2v) is 5.07. The maximum Gasteiger partial charge on any atom is 0.156 e. The van der Waals surface area contributed by atoms with Gasteiger partial charge in [-0.1, -0.05) is 42.8 Å². The molecule has 0 fully saturated rings. The Morgan fingerprint density at radius 1 is 1.28 bits per heavy atom. The molecule has 0 N–H and O–H groups in total. The van der Waals surface area contributed by atoms with Crippen LogP contribution in [0.15, 0.2) is 36.4 Å². The van der Waals surface area contributed by atoms with Gasteiger partial charge in [0.05, 0.1) is 12.1 Å². The van der Waals surface area contributed by atoms with Crippen molar-refractivity contribution in [1.82, 2.24) is 0 Å². The molecule has 1 aromatic rings. The Morgan fingerprint density at radius 2 is 1.83 bits per heavy atom. The molecule has 0 bridgehead atoms. The molecule has 0 saturated heterocycles. The van der Waals surface area contributed by atoms with E-state index in [9.17, 15) is 10.5 Å². The van der Waals surface area contributed by atoms with Crippen LogP contribution < -0.4 is 0 Å². The average molecular weight is 257 g/mol. The summed E-state index contributed by atoms with van der Waals surface area (Å²) in [5.41, 5.74) is -0.00874. The molecular weight excluding hydrogens is 244 g/mol. The second kappa shape index (κ2) is 4.84. The Morgan fingerprint density at radius 3 is 2.22 bits per heavy atom. The van der Waals surface area contributed by atoms with Crippen LogP contribution >= 0.6 is 11.6 Å². The van der Waals surface area contributed by atoms with Gasteiger partial charge in [0.15, 0.2) is 5.41 Å². The van der Waals surface area contributed by atoms with Crippen LogP contribution in [0.2, 0.25) is 5.02 Å². The summed E-state index contributed by atoms with van der Waals surface area (Å²) >= 11 is 5.86. The van der Waals surface area contributed by atoms with Crippen LogP contribution in [-0.4, -0.2) is 0 Å². The van der Waals surface area contributed by atoms with E-state index >= 15 is 0 Å². The fourth-order valence-corrected chi connectivity index (χ4v) is 2.46. The number of allylic oxidation sites excluding steroid dienone is 2. The van der Waals surface area contributed by atoms with Gasteiger partial charge in [0.25, 0.3) is 0 Å². The van der Waals surface area contributed by atoms with Gasteiger partial charge in [0, 0.05) is 16.9 Å². The van der Waals surface area contributed by atoms with Gasteiger partial charge in [-0.05, 0) is 24.1 Å². The molecule has 1 aliphatic carbocycles. The summed E-state index contributed by atoms with van der Waals surface area (Å²) in [6.45, 7) is 1.93. The van der Waals surface area contributed by atoms with Gasteiger partial charge in [-0.3, -0.25) is 0 Å². The standard InChI is InChI=1S/C15H13ClN2/c1-11(12-5-7-14(16)8-6-12)15(9-17,10-18)13-3-2-4-13/h2-3,5-8,11,13H,4H2,1H3. The molecule has 3 heteroatoms. The minimum Gasteiger partial charge on any atom is -0.197 e. The molecule has 2 nitrogen and oxygen atoms in total. The molecule has 0 heterocycles. The van der Waals surface area contributed by atoms with Crippen LogP contribution in [-0.2, 0) is 0 Å². The van der Waals surface area contributed by atoms with Crippen LogP contribution in [0.25, 0.3) is 0 Å². The molecule has 1 aliphatic rings. The first-order chi connectivity index (χ1) is 8.64. The van der Waals surface area contributed by atoms with E-state index in [0.717, 1.165) is 12.0 Å². The van der Waals surface area contributed by atoms with E-state index < -0.39 is 5.41 Å². The summed E-state index contributed by atoms with van der Waals surface area (Å²) in [6, 6.07) is 11.8. The highest BCUT2D eigenvalue weighted by molar-refractivity contribution is 6.30. The molecule has 2 rings (SSSR count). The molecular formula is C15H13ClN2. The van der Waals surface area contributed by atoms with Gasteiger partial charge >= 0.3 is 0 Å². The van der Waals surface area contributed by atoms with Crippen molar-refractivity contribution in [2.75, 3.05) is 0 Å². The molecule has 1 aromatic carbocycles. The van der Waals surface area contributed by atoms with Crippen LogP contribution in [0.5, 0.6) is 0 Å². The summed E-state index contributed by atoms with van der Waals surface area (Å²) in [4.78, 5) is 0. The third kappa shape index (κ3) is 1.90. The monoisotopic (exact) mass is 256 g/mol. The zero-order valence-corrected chi connectivity index (χ0v) is 10.9. The first kappa shape index (κ1) is 12.7. The molecule has 90 valence electrons. The maximum atomic E-state index is 9.47. The SMILES string of the molecule is CC(c1ccc(Cl)cc1)C(C#N)(C#N)C1C=CC1. The van der Waals surface area contributed by atoms with Crippen LogP contribution in [0.1, 0.15) is 24.8 Å². The Kier molecular flexibility index (Phi) is 3.41. The maximum absolute atomic E-state index is 9.47. The number of nitrogens with zero attached hydrogens (tertiary/aromatic N) is 2. The molecule has 0 aliphatic heterocycles. The molecule has 0 radical (unpaired) electrons. The van der Waals surface area contributed by atoms with E-state index in [1.54, 1.807) is 12.1 Å². The van der Waals surface area contributed by atoms with Crippen molar-refractivity contribution < 1.29 is 0 Å². The highest BCUT2D eigenvalue weighted by Crippen LogP contribution is 2.46. The lowest BCUT2D eigenvalue weighted by atomic mass is 9.63. The average Bonchev–Trinajstić information content (AvgIpc) is 2.33. The molecule has 0 aromatic heterocycles. The molecule has 0 saturated carbocycles. The summed E-state index contributed by atoms with van der Waals surface area (Å²) in [7, 11) is 0. The molecule has 2 atom stereocenters. The summed E-state index contributed by atoms with van der Waals surface area (Å²) < 4.78 is 0. The van der Waals surface area contributed by atoms with E-state index in [1.807, 2.05) is 31.2 Å². The molecule has 18 heavy (non-hydrogen) atoms. The molecule has 0 spiro atoms. The van der Waals surface area contributed by atoms with Gasteiger partial charge in [-0.2, -0.15) is 10.5 Å². The zero-order valence-electron chi connectivity index (χ0n) is 10.1. The van der Waals surface area contributed by atoms with Crippen molar-refractivity contribution in [3.8, 4) is 12.1 Å². The van der Waals surface area contributed by atoms with Crippen LogP contribution in [0.3, 0.4) is 0 Å². The van der Waals surface area contributed by atoms with Gasteiger partial charge in [-0.25, -0.2) is 0 Å². The fraction of sp³-hybridized carbons (Fsp3) is 0.333. The number of hydrogen-bond donors (Lipinski definition) is 0. The van der Waals surface area contributed by atoms with Crippen LogP contribution in [0, 0.1) is 34.0 Å². The number of rotatable bonds is 3. The Bertz CT molecular complexity index is 531. The van der Waals surface area contributed by atoms with Gasteiger partial charge in [-0.15, -0.1) is 0 Å². The third-order valence-electron chi connectivity index (χ3n) is 3.77. The van der Waals surface area contributed by atoms with Gasteiger partial charge < -0.3 is 0 Å². The second-order valence-electron chi connectivity index (χ2n) is 4.64. The number of nitriles is 2. The van der Waals surface area contributed by atoms with Crippen molar-refractivity contribution in [1.29, 1.82) is 10.5 Å². The van der Waals surface area contributed by atoms with Gasteiger partial charge in [0.1, 0.15) is 0 Å². The van der Waals surface area contributed by atoms with E-state index in [0.29, 0.717) is 5.02 Å². The van der Waals surface area contributed by atoms with Crippen molar-refractivity contribution in [3.63, 3.8) is 0 Å². The zero-order chi connectivity index (χ0) is 13.2. The highest BCUT2D eigenvalue weighted by atomic mass is 35.5. The van der Waals surface area contributed by atoms with Crippen molar-refractivity contribution in [2.45, 2.75) is 19.3 Å². The lowest BCUT2D eigenvalue weighted by molar-refractivity contribution is 0.306. The summed E-state index contributed by atoms with van der Waals surface area (Å²) in [5, 5.41) is 19.6. The predicted octanol–water partition coefficient (Wildman–Crippen LogP) is 4.05. The van der Waals surface area contributed by atoms with E-state index in [1.165, 1.54) is 0 Å². The van der Waals surface area contributed by atoms with E-state index in [-0.39, 0.29) is 11.8 Å². The Balaban J connectivity index is 2.38. The van der Waals surface area contributed by atoms with Crippen molar-refractivity contribution in [3.05, 3.63) is 47.0 Å². The highest BCUT2D eigenvalue weighted by Gasteiger charge is 2.45. The summed E-state index contributed by atoms with van der Waals surface area (Å²) in [6.07, 6.45) is 4.76. The van der Waals surface area contributed by atoms with Gasteiger partial charge in [0.2, 0.25) is 0 Å². The van der Waals surface area contributed by atoms with E-state index in [2.05, 4.69) is 12.1 Å². The first-order valence-corrected chi connectivity index (χ1v) is 6.26. The number of hydrogen-bond acceptors (Lipinski definition) is 2. The Labute approximate surface area is 112 Å². The van der Waals surface area contributed by atoms with Crippen molar-refractivity contribution in [2.24, 2.45) is 11.3 Å². The minimum atomic E-state index is -0.984. The predicted molar refractivity (Wildman–Crippen MR) is 70.8 cm³/mol. The first-order valence-electron chi connectivity index (χ1n) is 5.88. The molecule has 0 amide bonds. The number of halogens is 1. The Hall–Kier alpha value is -1.77. The smallest absolute Gasteiger partial charge is 0.156 e. The lowest BCUT2D eigenvalue weighted by Crippen LogP contribution is -2.34. The van der Waals surface area contributed by atoms with Crippen LogP contribution in [0.4, 0.5) is 0 Å². The van der Waals surface area contributed by atoms with E-state index in [4.69, 9.17) is 11.6 Å². The fourth-order valence-electron chi connectivity index (χ4n) is 2.33. The topological polar surface area (TPSA) is 47.6 Å². The lowest BCUT2D eigenvalue weighted by Gasteiger charge is -2.35. The number of benzene rings is 1. The quantitative estimate of drug-likeness (QED) is 0.766. The largest absolute Gasteiger partial charge is 0.197 e. The minimum absolute atomic E-state index is 0.0261. The third-order valence-corrected chi connectivity index (χ3v) is 4.02. The van der Waals surface area contributed by atoms with Crippen molar-refractivity contribution >= 4 is 11.6 Å².